The van der Waals surface area contributed by atoms with Gasteiger partial charge in [-0.3, -0.25) is 14.3 Å². The predicted octanol–water partition coefficient (Wildman–Crippen LogP) is 5.10. The Bertz CT molecular complexity index is 2130. The van der Waals surface area contributed by atoms with E-state index in [0.717, 1.165) is 16.5 Å². The number of piperazine rings is 1. The van der Waals surface area contributed by atoms with Crippen LogP contribution in [0.3, 0.4) is 0 Å². The molecule has 1 amide bonds. The number of hydrogen-bond acceptors (Lipinski definition) is 9. The molecule has 234 valence electrons. The van der Waals surface area contributed by atoms with Crippen LogP contribution in [0.1, 0.15) is 6.92 Å². The molecule has 6 rings (SSSR count). The molecular formula is C33H29ClN6O5S. The summed E-state index contributed by atoms with van der Waals surface area (Å²) in [5.74, 6) is 0.440. The minimum absolute atomic E-state index is 0.0345. The zero-order valence-electron chi connectivity index (χ0n) is 25.0. The first-order valence-corrected chi connectivity index (χ1v) is 16.2. The van der Waals surface area contributed by atoms with E-state index >= 15 is 0 Å². The third-order valence-corrected chi connectivity index (χ3v) is 9.42. The summed E-state index contributed by atoms with van der Waals surface area (Å²) in [6, 6.07) is 17.5. The van der Waals surface area contributed by atoms with Gasteiger partial charge in [0.1, 0.15) is 17.8 Å². The Balaban J connectivity index is 1.31. The molecule has 0 atom stereocenters. The summed E-state index contributed by atoms with van der Waals surface area (Å²) in [5.41, 5.74) is 2.29. The highest BCUT2D eigenvalue weighted by Gasteiger charge is 2.24. The molecule has 1 saturated heterocycles. The van der Waals surface area contributed by atoms with Crippen molar-refractivity contribution in [2.45, 2.75) is 11.8 Å². The van der Waals surface area contributed by atoms with Crippen LogP contribution in [0.4, 0.5) is 11.5 Å². The first-order valence-electron chi connectivity index (χ1n) is 14.4. The molecule has 0 spiro atoms. The molecule has 1 N–H and O–H groups in total. The number of nitrogens with zero attached hydrogens (tertiary/aromatic N) is 5. The van der Waals surface area contributed by atoms with E-state index in [-0.39, 0.29) is 28.2 Å². The van der Waals surface area contributed by atoms with Crippen molar-refractivity contribution in [2.75, 3.05) is 42.9 Å². The first kappa shape index (κ1) is 30.9. The lowest BCUT2D eigenvalue weighted by molar-refractivity contribution is -0.126. The van der Waals surface area contributed by atoms with Gasteiger partial charge in [0.15, 0.2) is 5.78 Å². The normalized spacial score (nSPS) is 13.8. The number of allylic oxidation sites excluding steroid dienone is 1. The number of carbonyl (C=O) groups is 2. The number of aromatic nitrogens is 3. The van der Waals surface area contributed by atoms with E-state index in [0.29, 0.717) is 53.4 Å². The van der Waals surface area contributed by atoms with Gasteiger partial charge in [0.25, 0.3) is 10.0 Å². The van der Waals surface area contributed by atoms with Crippen molar-refractivity contribution in [1.82, 2.24) is 19.9 Å². The van der Waals surface area contributed by atoms with Gasteiger partial charge in [0, 0.05) is 59.8 Å². The average molecular weight is 657 g/mol. The number of ketones is 1. The van der Waals surface area contributed by atoms with Crippen molar-refractivity contribution < 1.29 is 22.7 Å². The third kappa shape index (κ3) is 6.22. The molecule has 13 heteroatoms. The lowest BCUT2D eigenvalue weighted by atomic mass is 10.0. The average Bonchev–Trinajstić information content (AvgIpc) is 3.06. The van der Waals surface area contributed by atoms with Crippen LogP contribution < -0.4 is 14.4 Å². The summed E-state index contributed by atoms with van der Waals surface area (Å²) >= 11 is 6.42. The van der Waals surface area contributed by atoms with Gasteiger partial charge in [0.05, 0.1) is 17.5 Å². The minimum atomic E-state index is -4.10. The lowest BCUT2D eigenvalue weighted by Gasteiger charge is -2.35. The number of ether oxygens (including phenoxy) is 1. The second-order valence-electron chi connectivity index (χ2n) is 10.7. The smallest absolute Gasteiger partial charge is 0.262 e. The molecule has 0 aliphatic carbocycles. The second-order valence-corrected chi connectivity index (χ2v) is 12.7. The maximum atomic E-state index is 13.7. The summed E-state index contributed by atoms with van der Waals surface area (Å²) in [4.78, 5) is 40.9. The van der Waals surface area contributed by atoms with E-state index in [1.807, 2.05) is 18.2 Å². The van der Waals surface area contributed by atoms with Crippen LogP contribution in [0.15, 0.2) is 90.2 Å². The highest BCUT2D eigenvalue weighted by Crippen LogP contribution is 2.35. The second kappa shape index (κ2) is 12.7. The van der Waals surface area contributed by atoms with E-state index in [4.69, 9.17) is 16.3 Å². The summed E-state index contributed by atoms with van der Waals surface area (Å²) < 4.78 is 35.4. The molecule has 1 fully saturated rings. The van der Waals surface area contributed by atoms with Crippen LogP contribution in [0, 0.1) is 0 Å². The topological polar surface area (TPSA) is 135 Å². The van der Waals surface area contributed by atoms with Gasteiger partial charge >= 0.3 is 0 Å². The molecule has 3 aromatic carbocycles. The molecule has 0 saturated carbocycles. The SMILES string of the molecule is COc1ncc(-c2ccc3ncnc(N4CCN(C(=O)C=CC(C)=O)CC4)c3c2)cc1NS(=O)(=O)c1cccc2cccc(Cl)c12. The number of benzene rings is 3. The number of anilines is 2. The zero-order valence-corrected chi connectivity index (χ0v) is 26.5. The van der Waals surface area contributed by atoms with Crippen LogP contribution in [0.25, 0.3) is 32.8 Å². The Morgan fingerprint density at radius 2 is 1.70 bits per heavy atom. The lowest BCUT2D eigenvalue weighted by Crippen LogP contribution is -2.48. The molecule has 0 unspecified atom stereocenters. The number of pyridine rings is 1. The van der Waals surface area contributed by atoms with Crippen LogP contribution in [-0.2, 0) is 19.6 Å². The van der Waals surface area contributed by atoms with Crippen molar-refractivity contribution in [2.24, 2.45) is 0 Å². The van der Waals surface area contributed by atoms with Gasteiger partial charge in [-0.25, -0.2) is 23.4 Å². The Morgan fingerprint density at radius 3 is 2.43 bits per heavy atom. The van der Waals surface area contributed by atoms with Crippen molar-refractivity contribution in [1.29, 1.82) is 0 Å². The molecule has 2 aromatic heterocycles. The number of rotatable bonds is 8. The summed E-state index contributed by atoms with van der Waals surface area (Å²) in [6.45, 7) is 3.44. The van der Waals surface area contributed by atoms with Crippen LogP contribution in [-0.4, -0.2) is 73.2 Å². The number of hydrogen-bond donors (Lipinski definition) is 1. The zero-order chi connectivity index (χ0) is 32.4. The van der Waals surface area contributed by atoms with Gasteiger partial charge in [-0.05, 0) is 54.3 Å². The Kier molecular flexibility index (Phi) is 8.57. The van der Waals surface area contributed by atoms with E-state index < -0.39 is 10.0 Å². The molecule has 0 bridgehead atoms. The number of fused-ring (bicyclic) bond motifs is 2. The van der Waals surface area contributed by atoms with Crippen molar-refractivity contribution in [3.63, 3.8) is 0 Å². The fourth-order valence-corrected chi connectivity index (χ4v) is 7.08. The highest BCUT2D eigenvalue weighted by atomic mass is 35.5. The van der Waals surface area contributed by atoms with E-state index in [1.165, 1.54) is 38.6 Å². The highest BCUT2D eigenvalue weighted by molar-refractivity contribution is 7.93. The molecular weight excluding hydrogens is 628 g/mol. The fraction of sp³-hybridized carbons (Fsp3) is 0.182. The quantitative estimate of drug-likeness (QED) is 0.226. The van der Waals surface area contributed by atoms with E-state index in [1.54, 1.807) is 47.5 Å². The molecule has 11 nitrogen and oxygen atoms in total. The maximum absolute atomic E-state index is 13.7. The summed E-state index contributed by atoms with van der Waals surface area (Å²) in [6.07, 6.45) is 5.69. The van der Waals surface area contributed by atoms with Gasteiger partial charge < -0.3 is 14.5 Å². The van der Waals surface area contributed by atoms with Crippen molar-refractivity contribution in [3.8, 4) is 17.0 Å². The van der Waals surface area contributed by atoms with Crippen LogP contribution in [0.5, 0.6) is 5.88 Å². The monoisotopic (exact) mass is 656 g/mol. The Hall–Kier alpha value is -5.07. The van der Waals surface area contributed by atoms with E-state index in [9.17, 15) is 18.0 Å². The van der Waals surface area contributed by atoms with Crippen LogP contribution in [0.2, 0.25) is 5.02 Å². The molecule has 46 heavy (non-hydrogen) atoms. The number of nitrogens with one attached hydrogen (secondary N) is 1. The molecule has 3 heterocycles. The van der Waals surface area contributed by atoms with E-state index in [2.05, 4.69) is 24.6 Å². The standard InChI is InChI=1S/C33H29ClN6O5S/c1-21(41)9-12-30(42)39-13-15-40(16-14-39)32-25-17-23(10-11-27(25)36-20-37-32)24-18-28(33(45-2)35-19-24)38-46(43,44)29-8-4-6-22-5-3-7-26(34)31(22)29/h3-12,17-20,38H,13-16H2,1-2H3. The Labute approximate surface area is 270 Å². The number of halogens is 1. The summed E-state index contributed by atoms with van der Waals surface area (Å²) in [5, 5.41) is 2.23. The van der Waals surface area contributed by atoms with Gasteiger partial charge in [-0.2, -0.15) is 0 Å². The largest absolute Gasteiger partial charge is 0.480 e. The minimum Gasteiger partial charge on any atom is -0.480 e. The van der Waals surface area contributed by atoms with Gasteiger partial charge in [-0.15, -0.1) is 0 Å². The molecule has 1 aliphatic heterocycles. The Morgan fingerprint density at radius 1 is 0.935 bits per heavy atom. The van der Waals surface area contributed by atoms with Crippen molar-refractivity contribution >= 4 is 66.5 Å². The molecule has 0 radical (unpaired) electrons. The maximum Gasteiger partial charge on any atom is 0.262 e. The van der Waals surface area contributed by atoms with Crippen molar-refractivity contribution in [3.05, 3.63) is 90.4 Å². The summed E-state index contributed by atoms with van der Waals surface area (Å²) in [7, 11) is -2.68. The number of sulfonamides is 1. The molecule has 1 aliphatic rings. The van der Waals surface area contributed by atoms with Crippen LogP contribution >= 0.6 is 11.6 Å². The number of methoxy groups -OCH3 is 1. The third-order valence-electron chi connectivity index (χ3n) is 7.69. The van der Waals surface area contributed by atoms with Gasteiger partial charge in [-0.1, -0.05) is 41.9 Å². The van der Waals surface area contributed by atoms with Gasteiger partial charge in [0.2, 0.25) is 11.8 Å². The molecule has 5 aromatic rings. The predicted molar refractivity (Wildman–Crippen MR) is 178 cm³/mol. The number of carbonyl (C=O) groups excluding carboxylic acids is 2. The fourth-order valence-electron chi connectivity index (χ4n) is 5.44. The first-order chi connectivity index (χ1) is 22.1. The number of amides is 1.